The molecule has 2 bridgehead atoms. The molecule has 0 unspecified atom stereocenters. The molecule has 3 fully saturated rings. The highest BCUT2D eigenvalue weighted by Crippen LogP contribution is 2.52. The van der Waals surface area contributed by atoms with Crippen molar-refractivity contribution in [3.63, 3.8) is 0 Å². The molecule has 6 nitrogen and oxygen atoms in total. The van der Waals surface area contributed by atoms with E-state index in [2.05, 4.69) is 0 Å². The summed E-state index contributed by atoms with van der Waals surface area (Å²) in [5, 5.41) is 0. The van der Waals surface area contributed by atoms with Gasteiger partial charge in [0.2, 0.25) is 5.91 Å². The van der Waals surface area contributed by atoms with Crippen molar-refractivity contribution in [2.24, 2.45) is 11.8 Å². The number of carbonyl (C=O) groups excluding carboxylic acids is 2. The molecule has 4 aliphatic rings. The summed E-state index contributed by atoms with van der Waals surface area (Å²) in [7, 11) is 0. The van der Waals surface area contributed by atoms with Gasteiger partial charge in [0.15, 0.2) is 0 Å². The molecule has 3 saturated heterocycles. The first-order valence-corrected chi connectivity index (χ1v) is 8.48. The topological polar surface area (TPSA) is 65.1 Å². The van der Waals surface area contributed by atoms with E-state index < -0.39 is 17.4 Å². The van der Waals surface area contributed by atoms with Crippen LogP contribution in [-0.4, -0.2) is 60.4 Å². The predicted octanol–water partition coefficient (Wildman–Crippen LogP) is 0.899. The van der Waals surface area contributed by atoms with E-state index in [4.69, 9.17) is 14.2 Å². The highest BCUT2D eigenvalue weighted by atomic mass is 16.6. The zero-order valence-corrected chi connectivity index (χ0v) is 13.6. The minimum Gasteiger partial charge on any atom is -0.463 e. The van der Waals surface area contributed by atoms with Crippen molar-refractivity contribution >= 4 is 11.9 Å². The van der Waals surface area contributed by atoms with Crippen molar-refractivity contribution in [3.8, 4) is 0 Å². The molecule has 0 aliphatic carbocycles. The molecule has 1 amide bonds. The van der Waals surface area contributed by atoms with Crippen molar-refractivity contribution < 1.29 is 23.8 Å². The van der Waals surface area contributed by atoms with Crippen LogP contribution in [0, 0.1) is 11.8 Å². The first kappa shape index (κ1) is 15.1. The van der Waals surface area contributed by atoms with Gasteiger partial charge in [-0.3, -0.25) is 9.59 Å². The van der Waals surface area contributed by atoms with E-state index in [-0.39, 0.29) is 30.2 Å². The molecule has 0 aromatic carbocycles. The summed E-state index contributed by atoms with van der Waals surface area (Å²) in [6.45, 7) is 5.50. The maximum absolute atomic E-state index is 12.9. The monoisotopic (exact) mass is 321 g/mol. The Morgan fingerprint density at radius 1 is 1.52 bits per heavy atom. The summed E-state index contributed by atoms with van der Waals surface area (Å²) in [5.41, 5.74) is -0.652. The SMILES string of the molecule is CC(C)OC(=O)[C@@H]1[C@H]2C=C[C@@]3(CN(C[C@H]4CCCO4)C(=O)[C@@H]13)O2. The normalized spacial score (nSPS) is 41.2. The lowest BCUT2D eigenvalue weighted by Crippen LogP contribution is -2.41. The average molecular weight is 321 g/mol. The third kappa shape index (κ3) is 2.31. The van der Waals surface area contributed by atoms with Crippen molar-refractivity contribution in [3.05, 3.63) is 12.2 Å². The molecule has 0 radical (unpaired) electrons. The second kappa shape index (κ2) is 5.31. The minimum atomic E-state index is -0.652. The third-order valence-electron chi connectivity index (χ3n) is 5.25. The van der Waals surface area contributed by atoms with E-state index in [1.54, 1.807) is 0 Å². The van der Waals surface area contributed by atoms with E-state index in [1.807, 2.05) is 30.9 Å². The molecule has 126 valence electrons. The van der Waals surface area contributed by atoms with E-state index in [9.17, 15) is 9.59 Å². The van der Waals surface area contributed by atoms with Crippen LogP contribution in [-0.2, 0) is 23.8 Å². The zero-order chi connectivity index (χ0) is 16.2. The first-order valence-electron chi connectivity index (χ1n) is 8.48. The highest BCUT2D eigenvalue weighted by molar-refractivity contribution is 5.91. The summed E-state index contributed by atoms with van der Waals surface area (Å²) in [4.78, 5) is 27.2. The van der Waals surface area contributed by atoms with E-state index in [1.165, 1.54) is 0 Å². The maximum Gasteiger partial charge on any atom is 0.313 e. The van der Waals surface area contributed by atoms with Crippen LogP contribution in [0.3, 0.4) is 0 Å². The van der Waals surface area contributed by atoms with Crippen LogP contribution in [0.5, 0.6) is 0 Å². The quantitative estimate of drug-likeness (QED) is 0.568. The lowest BCUT2D eigenvalue weighted by Gasteiger charge is -2.24. The van der Waals surface area contributed by atoms with Crippen LogP contribution in [0.2, 0.25) is 0 Å². The zero-order valence-electron chi connectivity index (χ0n) is 13.6. The molecule has 4 aliphatic heterocycles. The van der Waals surface area contributed by atoms with Gasteiger partial charge >= 0.3 is 5.97 Å². The molecular formula is C17H23NO5. The second-order valence-corrected chi connectivity index (χ2v) is 7.24. The Kier molecular flexibility index (Phi) is 3.50. The van der Waals surface area contributed by atoms with Crippen LogP contribution < -0.4 is 0 Å². The van der Waals surface area contributed by atoms with Crippen molar-refractivity contribution in [2.45, 2.75) is 50.6 Å². The summed E-state index contributed by atoms with van der Waals surface area (Å²) < 4.78 is 17.1. The molecule has 4 rings (SSSR count). The smallest absolute Gasteiger partial charge is 0.313 e. The Morgan fingerprint density at radius 3 is 3.04 bits per heavy atom. The molecule has 0 aromatic heterocycles. The number of nitrogens with zero attached hydrogens (tertiary/aromatic N) is 1. The van der Waals surface area contributed by atoms with E-state index >= 15 is 0 Å². The number of hydrogen-bond donors (Lipinski definition) is 0. The molecule has 5 atom stereocenters. The predicted molar refractivity (Wildman–Crippen MR) is 80.5 cm³/mol. The molecule has 0 aromatic rings. The second-order valence-electron chi connectivity index (χ2n) is 7.24. The van der Waals surface area contributed by atoms with Crippen LogP contribution in [0.15, 0.2) is 12.2 Å². The standard InChI is InChI=1S/C17H23NO5/c1-10(2)22-16(20)13-12-5-6-17(23-12)9-18(15(19)14(13)17)8-11-4-3-7-21-11/h5-6,10-14H,3-4,7-9H2,1-2H3/t11-,12-,13-,14-,17+/m1/s1. The summed E-state index contributed by atoms with van der Waals surface area (Å²) in [6, 6.07) is 0. The van der Waals surface area contributed by atoms with Crippen LogP contribution in [0.25, 0.3) is 0 Å². The summed E-state index contributed by atoms with van der Waals surface area (Å²) >= 11 is 0. The largest absolute Gasteiger partial charge is 0.463 e. The van der Waals surface area contributed by atoms with Crippen molar-refractivity contribution in [2.75, 3.05) is 19.7 Å². The highest BCUT2D eigenvalue weighted by Gasteiger charge is 2.67. The number of carbonyl (C=O) groups is 2. The number of fused-ring (bicyclic) bond motifs is 1. The average Bonchev–Trinajstić information content (AvgIpc) is 3.21. The third-order valence-corrected chi connectivity index (χ3v) is 5.25. The first-order chi connectivity index (χ1) is 11.0. The Bertz CT molecular complexity index is 553. The molecule has 1 spiro atoms. The number of rotatable bonds is 4. The fourth-order valence-corrected chi connectivity index (χ4v) is 4.35. The number of likely N-dealkylation sites (tertiary alicyclic amines) is 1. The van der Waals surface area contributed by atoms with Crippen LogP contribution >= 0.6 is 0 Å². The van der Waals surface area contributed by atoms with Gasteiger partial charge in [-0.25, -0.2) is 0 Å². The van der Waals surface area contributed by atoms with Gasteiger partial charge in [0.1, 0.15) is 11.5 Å². The van der Waals surface area contributed by atoms with Gasteiger partial charge in [-0.1, -0.05) is 12.2 Å². The molecular weight excluding hydrogens is 298 g/mol. The van der Waals surface area contributed by atoms with Gasteiger partial charge in [-0.2, -0.15) is 0 Å². The van der Waals surface area contributed by atoms with E-state index in [0.717, 1.165) is 19.4 Å². The number of ether oxygens (including phenoxy) is 3. The summed E-state index contributed by atoms with van der Waals surface area (Å²) in [6.07, 6.45) is 5.49. The van der Waals surface area contributed by atoms with Gasteiger partial charge in [-0.15, -0.1) is 0 Å². The Balaban J connectivity index is 1.54. The minimum absolute atomic E-state index is 0.00180. The number of esters is 1. The lowest BCUT2D eigenvalue weighted by molar-refractivity contribution is -0.157. The number of amides is 1. The van der Waals surface area contributed by atoms with Crippen molar-refractivity contribution in [1.82, 2.24) is 4.90 Å². The fraction of sp³-hybridized carbons (Fsp3) is 0.765. The molecule has 6 heteroatoms. The van der Waals surface area contributed by atoms with Gasteiger partial charge in [0.05, 0.1) is 30.8 Å². The van der Waals surface area contributed by atoms with Gasteiger partial charge < -0.3 is 19.1 Å². The maximum atomic E-state index is 12.9. The Morgan fingerprint density at radius 2 is 2.35 bits per heavy atom. The molecule has 0 N–H and O–H groups in total. The molecule has 23 heavy (non-hydrogen) atoms. The summed E-state index contributed by atoms with van der Waals surface area (Å²) in [5.74, 6) is -1.30. The fourth-order valence-electron chi connectivity index (χ4n) is 4.35. The van der Waals surface area contributed by atoms with Crippen LogP contribution in [0.1, 0.15) is 26.7 Å². The van der Waals surface area contributed by atoms with Crippen LogP contribution in [0.4, 0.5) is 0 Å². The van der Waals surface area contributed by atoms with Gasteiger partial charge in [0.25, 0.3) is 0 Å². The number of hydrogen-bond acceptors (Lipinski definition) is 5. The Hall–Kier alpha value is -1.40. The van der Waals surface area contributed by atoms with Gasteiger partial charge in [-0.05, 0) is 26.7 Å². The van der Waals surface area contributed by atoms with Crippen molar-refractivity contribution in [1.29, 1.82) is 0 Å². The lowest BCUT2D eigenvalue weighted by atomic mass is 9.77. The Labute approximate surface area is 135 Å². The molecule has 4 heterocycles. The van der Waals surface area contributed by atoms with E-state index in [0.29, 0.717) is 13.1 Å². The van der Waals surface area contributed by atoms with Gasteiger partial charge in [0, 0.05) is 13.2 Å². The molecule has 0 saturated carbocycles.